The molecule has 0 aromatic carbocycles. The van der Waals surface area contributed by atoms with Crippen molar-refractivity contribution in [2.24, 2.45) is 0 Å². The Morgan fingerprint density at radius 1 is 0.839 bits per heavy atom. The van der Waals surface area contributed by atoms with E-state index in [-0.39, 0.29) is 24.8 Å². The number of cyclic esters (lactones) is 2. The molecule has 0 saturated heterocycles. The zero-order valence-electron chi connectivity index (χ0n) is 18.7. The van der Waals surface area contributed by atoms with Crippen molar-refractivity contribution in [1.82, 2.24) is 9.88 Å². The van der Waals surface area contributed by atoms with Gasteiger partial charge >= 0.3 is 33.0 Å². The van der Waals surface area contributed by atoms with Gasteiger partial charge in [-0.2, -0.15) is 0 Å². The van der Waals surface area contributed by atoms with Gasteiger partial charge < -0.3 is 9.47 Å². The average molecular weight is 471 g/mol. The fourth-order valence-electron chi connectivity index (χ4n) is 3.51. The molecule has 173 valence electrons. The van der Waals surface area contributed by atoms with E-state index in [1.165, 1.54) is 44.9 Å². The number of hydrogen-bond donors (Lipinski definition) is 0. The van der Waals surface area contributed by atoms with E-state index in [4.69, 9.17) is 13.1 Å². The van der Waals surface area contributed by atoms with Crippen LogP contribution in [0.2, 0.25) is 0 Å². The van der Waals surface area contributed by atoms with E-state index in [0.29, 0.717) is 37.7 Å². The summed E-state index contributed by atoms with van der Waals surface area (Å²) >= 11 is 1.06. The molecule has 0 radical (unpaired) electrons. The van der Waals surface area contributed by atoms with Crippen LogP contribution in [0.3, 0.4) is 0 Å². The molecule has 0 unspecified atom stereocenters. The third kappa shape index (κ3) is 13.5. The molecular formula is C23H36N2O5V. The molecule has 2 rings (SSSR count). The first kappa shape index (κ1) is 27.5. The second kappa shape index (κ2) is 18.0. The van der Waals surface area contributed by atoms with Gasteiger partial charge in [-0.3, -0.25) is 19.5 Å². The summed E-state index contributed by atoms with van der Waals surface area (Å²) in [6, 6.07) is 5.35. The van der Waals surface area contributed by atoms with Gasteiger partial charge in [0.25, 0.3) is 0 Å². The van der Waals surface area contributed by atoms with Gasteiger partial charge in [0.1, 0.15) is 13.2 Å². The van der Waals surface area contributed by atoms with E-state index in [1.807, 2.05) is 0 Å². The molecule has 1 aromatic heterocycles. The van der Waals surface area contributed by atoms with Crippen molar-refractivity contribution in [2.75, 3.05) is 32.8 Å². The number of carbonyl (C=O) groups is 2. The second-order valence-corrected chi connectivity index (χ2v) is 7.73. The van der Waals surface area contributed by atoms with Crippen molar-refractivity contribution in [3.05, 3.63) is 29.6 Å². The first-order chi connectivity index (χ1) is 15.2. The van der Waals surface area contributed by atoms with E-state index in [9.17, 15) is 9.59 Å². The predicted octanol–water partition coefficient (Wildman–Crippen LogP) is 3.59. The first-order valence-electron chi connectivity index (χ1n) is 11.3. The van der Waals surface area contributed by atoms with Crippen LogP contribution in [0.1, 0.15) is 69.7 Å². The van der Waals surface area contributed by atoms with Crippen LogP contribution < -0.4 is 0 Å². The number of carbonyl (C=O) groups excluding carboxylic acids is 2. The molecule has 0 N–H and O–H groups in total. The molecule has 0 atom stereocenters. The van der Waals surface area contributed by atoms with Crippen LogP contribution in [0.25, 0.3) is 0 Å². The molecular weight excluding hydrogens is 435 g/mol. The Morgan fingerprint density at radius 3 is 1.84 bits per heavy atom. The van der Waals surface area contributed by atoms with E-state index in [1.54, 1.807) is 18.2 Å². The summed E-state index contributed by atoms with van der Waals surface area (Å²) in [6.45, 7) is 5.20. The summed E-state index contributed by atoms with van der Waals surface area (Å²) in [5, 5.41) is 0. The van der Waals surface area contributed by atoms with E-state index in [0.717, 1.165) is 30.3 Å². The number of rotatable bonds is 9. The molecule has 1 aliphatic rings. The van der Waals surface area contributed by atoms with Crippen LogP contribution in [-0.2, 0) is 52.9 Å². The number of unbranched alkanes of at least 4 members (excludes halogenated alkanes) is 7. The topological polar surface area (TPSA) is 85.8 Å². The molecule has 7 nitrogen and oxygen atoms in total. The number of aromatic nitrogens is 1. The molecule has 0 spiro atoms. The van der Waals surface area contributed by atoms with Crippen molar-refractivity contribution < 1.29 is 40.1 Å². The molecule has 0 aliphatic carbocycles. The predicted molar refractivity (Wildman–Crippen MR) is 113 cm³/mol. The summed E-state index contributed by atoms with van der Waals surface area (Å²) in [6.07, 6.45) is 10.5. The van der Waals surface area contributed by atoms with Crippen molar-refractivity contribution in [3.8, 4) is 0 Å². The van der Waals surface area contributed by atoms with Gasteiger partial charge in [-0.15, -0.1) is 0 Å². The third-order valence-corrected chi connectivity index (χ3v) is 5.18. The fraction of sp³-hybridized carbons (Fsp3) is 0.696. The monoisotopic (exact) mass is 471 g/mol. The van der Waals surface area contributed by atoms with Gasteiger partial charge in [-0.25, -0.2) is 0 Å². The Labute approximate surface area is 195 Å². The average Bonchev–Trinajstić information content (AvgIpc) is 2.76. The minimum atomic E-state index is -0.277. The van der Waals surface area contributed by atoms with Gasteiger partial charge in [-0.1, -0.05) is 57.9 Å². The molecule has 31 heavy (non-hydrogen) atoms. The number of fused-ring (bicyclic) bond motifs is 2. The number of pyridine rings is 1. The zero-order chi connectivity index (χ0) is 22.7. The fourth-order valence-corrected chi connectivity index (χ4v) is 3.51. The summed E-state index contributed by atoms with van der Waals surface area (Å²) in [5.41, 5.74) is 1.24. The quantitative estimate of drug-likeness (QED) is 0.402. The maximum atomic E-state index is 12.1. The molecule has 1 aliphatic heterocycles. The zero-order valence-corrected chi connectivity index (χ0v) is 20.1. The molecule has 2 heterocycles. The summed E-state index contributed by atoms with van der Waals surface area (Å²) in [4.78, 5) is 30.7. The van der Waals surface area contributed by atoms with Crippen LogP contribution in [0.4, 0.5) is 0 Å². The molecule has 0 fully saturated rings. The van der Waals surface area contributed by atoms with E-state index >= 15 is 0 Å². The Kier molecular flexibility index (Phi) is 16.0. The number of nitrogens with zero attached hydrogens (tertiary/aromatic N) is 2. The molecule has 1 aromatic rings. The minimum absolute atomic E-state index is 0.126. The van der Waals surface area contributed by atoms with Gasteiger partial charge in [0, 0.05) is 13.1 Å². The van der Waals surface area contributed by atoms with E-state index in [2.05, 4.69) is 16.8 Å². The van der Waals surface area contributed by atoms with Crippen LogP contribution in [0, 0.1) is 0 Å². The van der Waals surface area contributed by atoms with Gasteiger partial charge in [0.2, 0.25) is 0 Å². The van der Waals surface area contributed by atoms with E-state index < -0.39 is 0 Å². The molecule has 8 heteroatoms. The number of hydrogen-bond acceptors (Lipinski definition) is 7. The second-order valence-electron chi connectivity index (χ2n) is 7.73. The van der Waals surface area contributed by atoms with Crippen LogP contribution in [-0.4, -0.2) is 54.7 Å². The van der Waals surface area contributed by atoms with Gasteiger partial charge in [0.15, 0.2) is 0 Å². The van der Waals surface area contributed by atoms with Crippen LogP contribution in [0.15, 0.2) is 18.2 Å². The Bertz CT molecular complexity index is 605. The van der Waals surface area contributed by atoms with Crippen molar-refractivity contribution >= 4 is 11.9 Å². The van der Waals surface area contributed by atoms with Gasteiger partial charge in [-0.05, 0) is 25.1 Å². The van der Waals surface area contributed by atoms with Crippen LogP contribution in [0.5, 0.6) is 0 Å². The van der Waals surface area contributed by atoms with Crippen molar-refractivity contribution in [3.63, 3.8) is 0 Å². The molecule has 2 bridgehead atoms. The summed E-state index contributed by atoms with van der Waals surface area (Å²) < 4.78 is 19.0. The normalized spacial score (nSPS) is 15.7. The third-order valence-electron chi connectivity index (χ3n) is 5.18. The number of esters is 2. The summed E-state index contributed by atoms with van der Waals surface area (Å²) in [7, 11) is 0. The molecule has 0 saturated carbocycles. The number of ether oxygens (including phenoxy) is 2. The maximum absolute atomic E-state index is 12.1. The Morgan fingerprint density at radius 2 is 1.32 bits per heavy atom. The molecule has 0 amide bonds. The first-order valence-corrected chi connectivity index (χ1v) is 11.9. The van der Waals surface area contributed by atoms with Crippen LogP contribution >= 0.6 is 0 Å². The summed E-state index contributed by atoms with van der Waals surface area (Å²) in [5.74, 6) is -0.553. The Balaban J connectivity index is 0.00000233. The van der Waals surface area contributed by atoms with Crippen molar-refractivity contribution in [1.29, 1.82) is 0 Å². The Hall–Kier alpha value is -1.57. The van der Waals surface area contributed by atoms with Crippen molar-refractivity contribution in [2.45, 2.75) is 71.1 Å². The standard InChI is InChI=1S/C23H36N2O4.O.V/c1-2-3-4-5-6-7-8-9-13-25-14-16-28-22(26)18-20-11-10-12-21(24-20)19-23(27)29-17-15-25;;/h10-12H,2-9,13-19H2,1H3;;. The SMILES string of the molecule is CCCCCCCCCCN1CCOC(=O)Cc2cccc(n2)CC(=O)OCC1.[O]=[V]. The van der Waals surface area contributed by atoms with Gasteiger partial charge in [0.05, 0.1) is 24.2 Å².